The van der Waals surface area contributed by atoms with Gasteiger partial charge in [-0.2, -0.15) is 0 Å². The second-order valence-corrected chi connectivity index (χ2v) is 41.2. The molecule has 0 aromatic rings. The number of carbonyl (C=O) groups excluding carboxylic acids is 6. The van der Waals surface area contributed by atoms with E-state index in [-0.39, 0.29) is 29.6 Å². The van der Waals surface area contributed by atoms with Crippen LogP contribution in [0.5, 0.6) is 0 Å². The number of piperazine rings is 2. The van der Waals surface area contributed by atoms with Gasteiger partial charge in [-0.15, -0.1) is 0 Å². The molecule has 0 aromatic heterocycles. The van der Waals surface area contributed by atoms with Crippen LogP contribution in [0.25, 0.3) is 0 Å². The zero-order valence-electron chi connectivity index (χ0n) is 91.6. The molecule has 0 radical (unpaired) electrons. The molecular weight excluding hydrogens is 1680 g/mol. The third-order valence-electron chi connectivity index (χ3n) is 28.6. The van der Waals surface area contributed by atoms with Crippen LogP contribution in [0.2, 0.25) is 0 Å². The van der Waals surface area contributed by atoms with E-state index >= 15 is 0 Å². The van der Waals surface area contributed by atoms with Crippen molar-refractivity contribution in [1.82, 2.24) is 49.0 Å². The number of esters is 1. The van der Waals surface area contributed by atoms with Crippen LogP contribution in [-0.2, 0) is 38.2 Å². The third kappa shape index (κ3) is 82.3. The number of rotatable bonds is 99. The first-order chi connectivity index (χ1) is 66.2. The molecule has 0 N–H and O–H groups in total. The van der Waals surface area contributed by atoms with Crippen molar-refractivity contribution in [2.45, 2.75) is 512 Å². The Bertz CT molecular complexity index is 2570. The monoisotopic (exact) mass is 1910 g/mol. The number of methoxy groups -OCH3 is 1. The van der Waals surface area contributed by atoms with E-state index in [4.69, 9.17) is 9.47 Å². The Morgan fingerprint density at radius 2 is 0.407 bits per heavy atom. The number of hydrogen-bond acceptors (Lipinski definition) is 15. The summed E-state index contributed by atoms with van der Waals surface area (Å²) < 4.78 is 15.0. The second-order valence-electron chi connectivity index (χ2n) is 41.2. The molecule has 0 bridgehead atoms. The molecular formula is C116H228N10O9. The molecule has 2 heterocycles. The summed E-state index contributed by atoms with van der Waals surface area (Å²) >= 11 is 0. The minimum absolute atomic E-state index is 0.114. The number of unbranched alkanes of at least 4 members (excludes halogenated alkanes) is 58. The third-order valence-corrected chi connectivity index (χ3v) is 28.6. The predicted octanol–water partition coefficient (Wildman–Crippen LogP) is 28.5. The molecule has 135 heavy (non-hydrogen) atoms. The van der Waals surface area contributed by atoms with Gasteiger partial charge in [0, 0.05) is 85.0 Å². The maximum absolute atomic E-state index is 14.1. The molecule has 0 aromatic carbocycles. The van der Waals surface area contributed by atoms with Crippen molar-refractivity contribution in [2.24, 2.45) is 0 Å². The van der Waals surface area contributed by atoms with E-state index in [1.54, 1.807) is 0 Å². The van der Waals surface area contributed by atoms with Gasteiger partial charge < -0.3 is 43.6 Å². The lowest BCUT2D eigenvalue weighted by Crippen LogP contribution is -2.54. The number of carbonyl (C=O) groups is 6. The number of allylic oxidation sites excluding steroid dienone is 1. The molecule has 19 nitrogen and oxygen atoms in total. The van der Waals surface area contributed by atoms with Gasteiger partial charge in [-0.05, 0) is 155 Å². The Kier molecular flexibility index (Phi) is 95.9. The average Bonchev–Trinajstić information content (AvgIpc) is 0.861. The topological polar surface area (TPSA) is 163 Å². The Labute approximate surface area is 837 Å². The molecule has 0 spiro atoms. The van der Waals surface area contributed by atoms with Gasteiger partial charge in [-0.3, -0.25) is 43.6 Å². The van der Waals surface area contributed by atoms with E-state index < -0.39 is 6.16 Å². The standard InChI is InChI=1S/C64H125N5O4.C52H103N5O5/c1-6-11-16-21-25-26-27-28-29-33-37-43-50-66(51-45-39-40-47-64(72)73-59-46-38-20-15-10-5)60-62(70)68-55-57-69(58-56-68)63(71)61-67(52-44-36-32-24-19-14-9-4)54-53-65(48-41-34-30-22-17-12-7-2)49-42-35-31-23-18-13-8-3;1-6-10-14-18-22-26-30-36-53(37-31-27-23-19-15-11-7-2)41-42-55(40-33-28-24-20-16-12-8-3)49-51(59)57-45-43-56(44-46-57)50(58)48-54(38-32-25-21-17-13-9-4)39-34-29-35-47-62-52(60)61-5/h38,46H,6-37,39-45,47-61H2,1-5H3;6-49H2,1-5H3/b46-38-;. The Morgan fingerprint density at radius 3 is 0.637 bits per heavy atom. The summed E-state index contributed by atoms with van der Waals surface area (Å²) in [6, 6.07) is 0. The lowest BCUT2D eigenvalue weighted by atomic mass is 10.1. The summed E-state index contributed by atoms with van der Waals surface area (Å²) in [6.45, 7) is 42.4. The molecule has 2 rings (SSSR count). The van der Waals surface area contributed by atoms with Crippen LogP contribution in [0.4, 0.5) is 4.79 Å². The first kappa shape index (κ1) is 129. The van der Waals surface area contributed by atoms with E-state index in [0.717, 1.165) is 136 Å². The highest BCUT2D eigenvalue weighted by Gasteiger charge is 2.29. The van der Waals surface area contributed by atoms with Crippen molar-refractivity contribution in [3.05, 3.63) is 12.2 Å². The summed E-state index contributed by atoms with van der Waals surface area (Å²) in [4.78, 5) is 102. The van der Waals surface area contributed by atoms with Crippen molar-refractivity contribution in [2.75, 3.05) is 190 Å². The Balaban J connectivity index is 0.00000137. The number of hydrogen-bond donors (Lipinski definition) is 0. The molecule has 0 atom stereocenters. The van der Waals surface area contributed by atoms with E-state index in [1.165, 1.54) is 406 Å². The fraction of sp³-hybridized carbons (Fsp3) is 0.931. The van der Waals surface area contributed by atoms with Crippen LogP contribution in [0.3, 0.4) is 0 Å². The SMILES string of the molecule is CCCC/C=C\COC(=O)CCCCCN(CCCCCCCCCCCCCC)CC(=O)N1CCN(C(=O)CN(CCCCCCCCC)CCN(CCCCCCCCC)CCCCCCCCC)CC1.CCCCCCCCCN(CCCCCCCCC)CCN(CCCCCCCCC)CC(=O)N1CCN(C(=O)CN(CCCCCCCC)CCCCCOC(=O)OC)CC1. The highest BCUT2D eigenvalue weighted by molar-refractivity contribution is 5.81. The minimum atomic E-state index is -0.632. The zero-order chi connectivity index (χ0) is 98.1. The normalized spacial score (nSPS) is 13.2. The minimum Gasteiger partial charge on any atom is -0.461 e. The van der Waals surface area contributed by atoms with Crippen LogP contribution in [0, 0.1) is 0 Å². The predicted molar refractivity (Wildman–Crippen MR) is 578 cm³/mol. The van der Waals surface area contributed by atoms with Crippen LogP contribution < -0.4 is 0 Å². The summed E-state index contributed by atoms with van der Waals surface area (Å²) in [5.41, 5.74) is 0. The fourth-order valence-electron chi connectivity index (χ4n) is 19.3. The molecule has 2 aliphatic rings. The lowest BCUT2D eigenvalue weighted by Gasteiger charge is -2.37. The maximum Gasteiger partial charge on any atom is 0.507 e. The van der Waals surface area contributed by atoms with E-state index in [9.17, 15) is 28.8 Å². The zero-order valence-corrected chi connectivity index (χ0v) is 91.6. The molecule has 0 unspecified atom stereocenters. The molecule has 2 aliphatic heterocycles. The highest BCUT2D eigenvalue weighted by Crippen LogP contribution is 2.21. The lowest BCUT2D eigenvalue weighted by molar-refractivity contribution is -0.142. The van der Waals surface area contributed by atoms with Crippen molar-refractivity contribution >= 4 is 35.8 Å². The second kappa shape index (κ2) is 100. The maximum atomic E-state index is 14.1. The largest absolute Gasteiger partial charge is 0.507 e. The van der Waals surface area contributed by atoms with Gasteiger partial charge >= 0.3 is 12.1 Å². The summed E-state index contributed by atoms with van der Waals surface area (Å²) in [5.74, 6) is 0.731. The smallest absolute Gasteiger partial charge is 0.461 e. The van der Waals surface area contributed by atoms with Crippen LogP contribution in [-0.4, -0.2) is 275 Å². The van der Waals surface area contributed by atoms with E-state index in [0.29, 0.717) is 98.2 Å². The molecule has 796 valence electrons. The first-order valence-electron chi connectivity index (χ1n) is 59.2. The fourth-order valence-corrected chi connectivity index (χ4v) is 19.3. The van der Waals surface area contributed by atoms with Crippen LogP contribution >= 0.6 is 0 Å². The molecule has 19 heteroatoms. The van der Waals surface area contributed by atoms with Gasteiger partial charge in [0.05, 0.1) is 39.9 Å². The van der Waals surface area contributed by atoms with Crippen LogP contribution in [0.15, 0.2) is 12.2 Å². The molecule has 4 amide bonds. The van der Waals surface area contributed by atoms with Gasteiger partial charge in [0.2, 0.25) is 23.6 Å². The van der Waals surface area contributed by atoms with E-state index in [1.807, 2.05) is 25.7 Å². The first-order valence-corrected chi connectivity index (χ1v) is 59.2. The van der Waals surface area contributed by atoms with Crippen molar-refractivity contribution in [3.63, 3.8) is 0 Å². The summed E-state index contributed by atoms with van der Waals surface area (Å²) in [5, 5.41) is 0. The van der Waals surface area contributed by atoms with Crippen molar-refractivity contribution in [1.29, 1.82) is 0 Å². The van der Waals surface area contributed by atoms with Crippen molar-refractivity contribution in [3.8, 4) is 0 Å². The van der Waals surface area contributed by atoms with Gasteiger partial charge in [0.1, 0.15) is 6.61 Å². The molecule has 0 saturated carbocycles. The van der Waals surface area contributed by atoms with E-state index in [2.05, 4.69) is 103 Å². The quantitative estimate of drug-likeness (QED) is 0.0321. The number of ether oxygens (including phenoxy) is 3. The number of amides is 4. The average molecular weight is 1910 g/mol. The van der Waals surface area contributed by atoms with Gasteiger partial charge in [0.15, 0.2) is 0 Å². The van der Waals surface area contributed by atoms with Crippen LogP contribution in [0.1, 0.15) is 512 Å². The van der Waals surface area contributed by atoms with Gasteiger partial charge in [0.25, 0.3) is 0 Å². The van der Waals surface area contributed by atoms with Crippen molar-refractivity contribution < 1.29 is 43.0 Å². The molecule has 2 fully saturated rings. The summed E-state index contributed by atoms with van der Waals surface area (Å²) in [6.07, 6.45) is 91.6. The highest BCUT2D eigenvalue weighted by atomic mass is 16.7. The summed E-state index contributed by atoms with van der Waals surface area (Å²) in [7, 11) is 1.33. The van der Waals surface area contributed by atoms with Gasteiger partial charge in [-0.25, -0.2) is 4.79 Å². The number of nitrogens with zero attached hydrogens (tertiary/aromatic N) is 10. The molecule has 0 aliphatic carbocycles. The van der Waals surface area contributed by atoms with Gasteiger partial charge in [-0.1, -0.05) is 428 Å². The molecule has 2 saturated heterocycles. The Morgan fingerprint density at radius 1 is 0.215 bits per heavy atom. The Hall–Kier alpha value is -3.88.